The molecule has 3 N–H and O–H groups in total. The monoisotopic (exact) mass is 224 g/mol. The third-order valence-corrected chi connectivity index (χ3v) is 2.95. The Hall–Kier alpha value is -1.19. The maximum Gasteiger partial charge on any atom is 0.148 e. The third-order valence-electron chi connectivity index (χ3n) is 2.95. The topological polar surface area (TPSA) is 55.9 Å². The molecule has 1 rings (SSSR count). The van der Waals surface area contributed by atoms with E-state index >= 15 is 0 Å². The van der Waals surface area contributed by atoms with Crippen LogP contribution in [-0.2, 0) is 6.54 Å². The Morgan fingerprint density at radius 3 is 2.50 bits per heavy atom. The van der Waals surface area contributed by atoms with Gasteiger partial charge in [-0.15, -0.1) is 0 Å². The van der Waals surface area contributed by atoms with Crippen LogP contribution in [0.25, 0.3) is 0 Å². The molecule has 0 spiro atoms. The lowest BCUT2D eigenvalue weighted by Gasteiger charge is -2.26. The number of hydrogen-bond acceptors (Lipinski definition) is 3. The van der Waals surface area contributed by atoms with Crippen molar-refractivity contribution in [1.82, 2.24) is 9.78 Å². The fourth-order valence-corrected chi connectivity index (χ4v) is 1.51. The first-order chi connectivity index (χ1) is 7.41. The zero-order valence-electron chi connectivity index (χ0n) is 11.1. The SMILES string of the molecule is CCCn1nc(C)c(N)c1NC(C)(C)CC. The minimum absolute atomic E-state index is 0.0477. The molecule has 0 aliphatic heterocycles. The van der Waals surface area contributed by atoms with Gasteiger partial charge in [-0.2, -0.15) is 5.10 Å². The van der Waals surface area contributed by atoms with E-state index in [1.165, 1.54) is 0 Å². The lowest BCUT2D eigenvalue weighted by Crippen LogP contribution is -2.31. The first-order valence-electron chi connectivity index (χ1n) is 6.02. The lowest BCUT2D eigenvalue weighted by molar-refractivity contribution is 0.526. The van der Waals surface area contributed by atoms with Crippen molar-refractivity contribution >= 4 is 11.5 Å². The molecular formula is C12H24N4. The van der Waals surface area contributed by atoms with Crippen LogP contribution in [0.1, 0.15) is 46.2 Å². The summed E-state index contributed by atoms with van der Waals surface area (Å²) in [5.41, 5.74) is 7.78. The van der Waals surface area contributed by atoms with Crippen molar-refractivity contribution in [3.8, 4) is 0 Å². The molecular weight excluding hydrogens is 200 g/mol. The van der Waals surface area contributed by atoms with Gasteiger partial charge in [-0.3, -0.25) is 0 Å². The largest absolute Gasteiger partial charge is 0.394 e. The maximum absolute atomic E-state index is 6.05. The molecule has 0 aromatic carbocycles. The molecule has 0 aliphatic carbocycles. The Morgan fingerprint density at radius 1 is 1.38 bits per heavy atom. The number of hydrogen-bond donors (Lipinski definition) is 2. The summed E-state index contributed by atoms with van der Waals surface area (Å²) >= 11 is 0. The van der Waals surface area contributed by atoms with Gasteiger partial charge in [0.15, 0.2) is 0 Å². The van der Waals surface area contributed by atoms with Gasteiger partial charge in [-0.25, -0.2) is 4.68 Å². The summed E-state index contributed by atoms with van der Waals surface area (Å²) in [6.45, 7) is 11.5. The van der Waals surface area contributed by atoms with Crippen molar-refractivity contribution in [1.29, 1.82) is 0 Å². The quantitative estimate of drug-likeness (QED) is 0.808. The minimum atomic E-state index is 0.0477. The number of nitrogens with zero attached hydrogens (tertiary/aromatic N) is 2. The number of aromatic nitrogens is 2. The van der Waals surface area contributed by atoms with Crippen molar-refractivity contribution in [3.63, 3.8) is 0 Å². The molecule has 16 heavy (non-hydrogen) atoms. The second kappa shape index (κ2) is 4.76. The summed E-state index contributed by atoms with van der Waals surface area (Å²) in [4.78, 5) is 0. The van der Waals surface area contributed by atoms with Crippen molar-refractivity contribution in [2.75, 3.05) is 11.1 Å². The van der Waals surface area contributed by atoms with E-state index in [1.54, 1.807) is 0 Å². The summed E-state index contributed by atoms with van der Waals surface area (Å²) in [7, 11) is 0. The molecule has 1 aromatic rings. The zero-order chi connectivity index (χ0) is 12.3. The fourth-order valence-electron chi connectivity index (χ4n) is 1.51. The molecule has 0 saturated heterocycles. The molecule has 0 amide bonds. The molecule has 0 radical (unpaired) electrons. The van der Waals surface area contributed by atoms with E-state index in [0.29, 0.717) is 0 Å². The first kappa shape index (κ1) is 12.9. The van der Waals surface area contributed by atoms with E-state index in [9.17, 15) is 0 Å². The van der Waals surface area contributed by atoms with Crippen molar-refractivity contribution in [2.45, 2.75) is 59.5 Å². The number of nitrogens with one attached hydrogen (secondary N) is 1. The van der Waals surface area contributed by atoms with E-state index < -0.39 is 0 Å². The Bertz CT molecular complexity index is 352. The van der Waals surface area contributed by atoms with E-state index in [4.69, 9.17) is 5.73 Å². The highest BCUT2D eigenvalue weighted by molar-refractivity contribution is 5.65. The van der Waals surface area contributed by atoms with Gasteiger partial charge in [0, 0.05) is 12.1 Å². The summed E-state index contributed by atoms with van der Waals surface area (Å²) in [5, 5.41) is 7.93. The Morgan fingerprint density at radius 2 is 2.00 bits per heavy atom. The molecule has 4 heteroatoms. The molecule has 0 aliphatic rings. The minimum Gasteiger partial charge on any atom is -0.394 e. The second-order valence-electron chi connectivity index (χ2n) is 4.93. The number of nitrogen functional groups attached to an aromatic ring is 1. The van der Waals surface area contributed by atoms with Crippen LogP contribution >= 0.6 is 0 Å². The van der Waals surface area contributed by atoms with E-state index in [0.717, 1.165) is 36.6 Å². The van der Waals surface area contributed by atoms with Gasteiger partial charge in [0.05, 0.1) is 11.4 Å². The van der Waals surface area contributed by atoms with E-state index in [2.05, 4.69) is 38.1 Å². The Kier molecular flexibility index (Phi) is 3.83. The smallest absolute Gasteiger partial charge is 0.148 e. The molecule has 1 aromatic heterocycles. The predicted molar refractivity (Wildman–Crippen MR) is 69.7 cm³/mol. The molecule has 4 nitrogen and oxygen atoms in total. The zero-order valence-corrected chi connectivity index (χ0v) is 11.1. The highest BCUT2D eigenvalue weighted by atomic mass is 15.3. The van der Waals surface area contributed by atoms with Gasteiger partial charge in [-0.1, -0.05) is 13.8 Å². The van der Waals surface area contributed by atoms with Crippen LogP contribution in [-0.4, -0.2) is 15.3 Å². The van der Waals surface area contributed by atoms with Gasteiger partial charge in [-0.05, 0) is 33.6 Å². The fraction of sp³-hybridized carbons (Fsp3) is 0.750. The van der Waals surface area contributed by atoms with Crippen molar-refractivity contribution in [2.24, 2.45) is 0 Å². The lowest BCUT2D eigenvalue weighted by atomic mass is 10.0. The maximum atomic E-state index is 6.05. The van der Waals surface area contributed by atoms with Crippen LogP contribution in [0.5, 0.6) is 0 Å². The number of aryl methyl sites for hydroxylation is 2. The Balaban J connectivity index is 3.01. The van der Waals surface area contributed by atoms with Gasteiger partial charge in [0.1, 0.15) is 5.82 Å². The van der Waals surface area contributed by atoms with Gasteiger partial charge >= 0.3 is 0 Å². The summed E-state index contributed by atoms with van der Waals surface area (Å²) in [6, 6.07) is 0. The highest BCUT2D eigenvalue weighted by Crippen LogP contribution is 2.26. The van der Waals surface area contributed by atoms with Crippen LogP contribution in [0.3, 0.4) is 0 Å². The standard InChI is InChI=1S/C12H24N4/c1-6-8-16-11(10(13)9(3)15-16)14-12(4,5)7-2/h14H,6-8,13H2,1-5H3. The van der Waals surface area contributed by atoms with Crippen LogP contribution in [0.4, 0.5) is 11.5 Å². The number of rotatable bonds is 5. The molecule has 0 unspecified atom stereocenters. The number of nitrogens with two attached hydrogens (primary N) is 1. The number of anilines is 2. The molecule has 0 fully saturated rings. The van der Waals surface area contributed by atoms with Crippen LogP contribution < -0.4 is 11.1 Å². The second-order valence-corrected chi connectivity index (χ2v) is 4.93. The van der Waals surface area contributed by atoms with E-state index in [-0.39, 0.29) is 5.54 Å². The molecule has 0 saturated carbocycles. The highest BCUT2D eigenvalue weighted by Gasteiger charge is 2.20. The van der Waals surface area contributed by atoms with Crippen LogP contribution in [0, 0.1) is 6.92 Å². The molecule has 1 heterocycles. The van der Waals surface area contributed by atoms with Crippen LogP contribution in [0.15, 0.2) is 0 Å². The predicted octanol–water partition coefficient (Wildman–Crippen LogP) is 2.78. The van der Waals surface area contributed by atoms with E-state index in [1.807, 2.05) is 11.6 Å². The Labute approximate surface area is 98.2 Å². The molecule has 92 valence electrons. The van der Waals surface area contributed by atoms with Crippen LogP contribution in [0.2, 0.25) is 0 Å². The molecule has 0 atom stereocenters. The van der Waals surface area contributed by atoms with Crippen molar-refractivity contribution in [3.05, 3.63) is 5.69 Å². The third kappa shape index (κ3) is 2.68. The average molecular weight is 224 g/mol. The molecule has 0 bridgehead atoms. The normalized spacial score (nSPS) is 11.8. The average Bonchev–Trinajstić information content (AvgIpc) is 2.47. The van der Waals surface area contributed by atoms with Gasteiger partial charge in [0.2, 0.25) is 0 Å². The van der Waals surface area contributed by atoms with Crippen molar-refractivity contribution < 1.29 is 0 Å². The van der Waals surface area contributed by atoms with Gasteiger partial charge < -0.3 is 11.1 Å². The summed E-state index contributed by atoms with van der Waals surface area (Å²) < 4.78 is 1.97. The van der Waals surface area contributed by atoms with Gasteiger partial charge in [0.25, 0.3) is 0 Å². The summed E-state index contributed by atoms with van der Waals surface area (Å²) in [5.74, 6) is 0.964. The first-order valence-corrected chi connectivity index (χ1v) is 6.02. The summed E-state index contributed by atoms with van der Waals surface area (Å²) in [6.07, 6.45) is 2.10.